The number of nitrogens with one attached hydrogen (secondary N) is 2. The molecule has 4 heteroatoms. The lowest BCUT2D eigenvalue weighted by Gasteiger charge is -2.06. The minimum atomic E-state index is 0.0516. The second kappa shape index (κ2) is 5.68. The van der Waals surface area contributed by atoms with Crippen molar-refractivity contribution in [1.82, 2.24) is 10.6 Å². The molecule has 2 rings (SSSR count). The van der Waals surface area contributed by atoms with Crippen molar-refractivity contribution >= 4 is 5.91 Å². The highest BCUT2D eigenvalue weighted by atomic mass is 16.3. The largest absolute Gasteiger partial charge is 0.508 e. The second-order valence-electron chi connectivity index (χ2n) is 4.42. The van der Waals surface area contributed by atoms with Crippen LogP contribution >= 0.6 is 0 Å². The van der Waals surface area contributed by atoms with Gasteiger partial charge in [0.25, 0.3) is 0 Å². The van der Waals surface area contributed by atoms with Gasteiger partial charge < -0.3 is 15.7 Å². The number of rotatable bonds is 6. The number of carbonyl (C=O) groups excluding carboxylic acids is 1. The normalized spacial score (nSPS) is 14.6. The molecule has 17 heavy (non-hydrogen) atoms. The Morgan fingerprint density at radius 3 is 2.65 bits per heavy atom. The van der Waals surface area contributed by atoms with Crippen LogP contribution in [-0.4, -0.2) is 30.1 Å². The van der Waals surface area contributed by atoms with Gasteiger partial charge in [0.2, 0.25) is 5.91 Å². The molecule has 0 unspecified atom stereocenters. The summed E-state index contributed by atoms with van der Waals surface area (Å²) in [6.45, 7) is 1.05. The third-order valence-corrected chi connectivity index (χ3v) is 2.80. The molecule has 0 saturated heterocycles. The highest BCUT2D eigenvalue weighted by molar-refractivity contribution is 5.78. The number of hydrogen-bond acceptors (Lipinski definition) is 3. The number of amides is 1. The quantitative estimate of drug-likeness (QED) is 0.682. The molecule has 1 fully saturated rings. The lowest BCUT2D eigenvalue weighted by atomic mass is 10.1. The molecule has 1 aliphatic carbocycles. The van der Waals surface area contributed by atoms with Crippen LogP contribution in [0.1, 0.15) is 18.4 Å². The molecule has 0 aromatic heterocycles. The summed E-state index contributed by atoms with van der Waals surface area (Å²) in [7, 11) is 0. The first kappa shape index (κ1) is 11.9. The van der Waals surface area contributed by atoms with E-state index in [4.69, 9.17) is 5.11 Å². The van der Waals surface area contributed by atoms with Crippen LogP contribution in [0.3, 0.4) is 0 Å². The summed E-state index contributed by atoms with van der Waals surface area (Å²) in [5.41, 5.74) is 1.11. The van der Waals surface area contributed by atoms with E-state index < -0.39 is 0 Å². The zero-order chi connectivity index (χ0) is 12.1. The molecule has 0 radical (unpaired) electrons. The summed E-state index contributed by atoms with van der Waals surface area (Å²) in [5.74, 6) is 0.321. The van der Waals surface area contributed by atoms with E-state index in [1.165, 1.54) is 12.8 Å². The Morgan fingerprint density at radius 2 is 2.00 bits per heavy atom. The van der Waals surface area contributed by atoms with Gasteiger partial charge in [-0.3, -0.25) is 4.79 Å². The Balaban J connectivity index is 1.61. The molecule has 0 heterocycles. The van der Waals surface area contributed by atoms with Crippen molar-refractivity contribution < 1.29 is 9.90 Å². The van der Waals surface area contributed by atoms with Crippen LogP contribution in [0, 0.1) is 0 Å². The Bertz CT molecular complexity index is 372. The molecule has 0 atom stereocenters. The molecule has 0 spiro atoms. The van der Waals surface area contributed by atoms with Crippen molar-refractivity contribution in [3.63, 3.8) is 0 Å². The summed E-state index contributed by atoms with van der Waals surface area (Å²) in [6, 6.07) is 7.61. The molecule has 0 aliphatic heterocycles. The van der Waals surface area contributed by atoms with Gasteiger partial charge in [0, 0.05) is 12.6 Å². The molecule has 0 bridgehead atoms. The number of hydrogen-bond donors (Lipinski definition) is 3. The number of carbonyl (C=O) groups is 1. The van der Waals surface area contributed by atoms with Crippen LogP contribution in [0.2, 0.25) is 0 Å². The molecule has 92 valence electrons. The van der Waals surface area contributed by atoms with Crippen molar-refractivity contribution in [2.45, 2.75) is 25.3 Å². The highest BCUT2D eigenvalue weighted by Gasteiger charge is 2.20. The maximum Gasteiger partial charge on any atom is 0.233 e. The predicted octanol–water partition coefficient (Wildman–Crippen LogP) is 0.803. The minimum Gasteiger partial charge on any atom is -0.508 e. The van der Waals surface area contributed by atoms with Crippen molar-refractivity contribution in [3.8, 4) is 5.75 Å². The number of aromatic hydroxyl groups is 1. The van der Waals surface area contributed by atoms with Crippen LogP contribution in [0.5, 0.6) is 5.75 Å². The zero-order valence-corrected chi connectivity index (χ0v) is 9.78. The highest BCUT2D eigenvalue weighted by Crippen LogP contribution is 2.17. The van der Waals surface area contributed by atoms with E-state index in [0.717, 1.165) is 12.0 Å². The van der Waals surface area contributed by atoms with Crippen LogP contribution in [0.15, 0.2) is 24.3 Å². The second-order valence-corrected chi connectivity index (χ2v) is 4.42. The fourth-order valence-electron chi connectivity index (χ4n) is 1.60. The topological polar surface area (TPSA) is 61.4 Å². The third-order valence-electron chi connectivity index (χ3n) is 2.80. The van der Waals surface area contributed by atoms with Crippen LogP contribution < -0.4 is 10.6 Å². The smallest absolute Gasteiger partial charge is 0.233 e. The molecule has 1 aromatic rings. The van der Waals surface area contributed by atoms with Gasteiger partial charge in [-0.25, -0.2) is 0 Å². The Labute approximate surface area is 101 Å². The van der Waals surface area contributed by atoms with Gasteiger partial charge >= 0.3 is 0 Å². The molecular weight excluding hydrogens is 216 g/mol. The van der Waals surface area contributed by atoms with Gasteiger partial charge in [-0.2, -0.15) is 0 Å². The first-order chi connectivity index (χ1) is 8.24. The van der Waals surface area contributed by atoms with E-state index in [9.17, 15) is 4.79 Å². The number of phenols is 1. The van der Waals surface area contributed by atoms with Gasteiger partial charge in [-0.15, -0.1) is 0 Å². The number of benzene rings is 1. The van der Waals surface area contributed by atoms with E-state index >= 15 is 0 Å². The molecule has 1 saturated carbocycles. The molecule has 1 amide bonds. The Hall–Kier alpha value is -1.55. The van der Waals surface area contributed by atoms with Crippen LogP contribution in [0.4, 0.5) is 0 Å². The lowest BCUT2D eigenvalue weighted by Crippen LogP contribution is -2.35. The summed E-state index contributed by atoms with van der Waals surface area (Å²) < 4.78 is 0. The monoisotopic (exact) mass is 234 g/mol. The van der Waals surface area contributed by atoms with E-state index in [0.29, 0.717) is 19.1 Å². The summed E-state index contributed by atoms with van der Waals surface area (Å²) in [4.78, 5) is 11.4. The maximum absolute atomic E-state index is 11.4. The van der Waals surface area contributed by atoms with E-state index in [1.54, 1.807) is 12.1 Å². The summed E-state index contributed by atoms with van der Waals surface area (Å²) >= 11 is 0. The van der Waals surface area contributed by atoms with Crippen molar-refractivity contribution in [2.24, 2.45) is 0 Å². The average molecular weight is 234 g/mol. The van der Waals surface area contributed by atoms with Gasteiger partial charge in [-0.1, -0.05) is 12.1 Å². The van der Waals surface area contributed by atoms with Gasteiger partial charge in [-0.05, 0) is 37.0 Å². The third kappa shape index (κ3) is 4.44. The van der Waals surface area contributed by atoms with Crippen LogP contribution in [0.25, 0.3) is 0 Å². The van der Waals surface area contributed by atoms with Gasteiger partial charge in [0.1, 0.15) is 5.75 Å². The molecule has 1 aliphatic rings. The fraction of sp³-hybridized carbons (Fsp3) is 0.462. The summed E-state index contributed by atoms with van der Waals surface area (Å²) in [5, 5.41) is 15.2. The molecule has 1 aromatic carbocycles. The Kier molecular flexibility index (Phi) is 3.98. The van der Waals surface area contributed by atoms with E-state index in [2.05, 4.69) is 10.6 Å². The van der Waals surface area contributed by atoms with E-state index in [1.807, 2.05) is 12.1 Å². The molecular formula is C13H18N2O2. The van der Waals surface area contributed by atoms with Crippen molar-refractivity contribution in [3.05, 3.63) is 29.8 Å². The SMILES string of the molecule is O=C(CNC1CC1)NCCc1ccc(O)cc1. The van der Waals surface area contributed by atoms with Gasteiger partial charge in [0.05, 0.1) is 6.54 Å². The van der Waals surface area contributed by atoms with Crippen LogP contribution in [-0.2, 0) is 11.2 Å². The standard InChI is InChI=1S/C13H18N2O2/c16-12-5-1-10(2-6-12)7-8-14-13(17)9-15-11-3-4-11/h1-2,5-6,11,15-16H,3-4,7-9H2,(H,14,17). The first-order valence-electron chi connectivity index (χ1n) is 6.02. The predicted molar refractivity (Wildman–Crippen MR) is 65.8 cm³/mol. The average Bonchev–Trinajstić information content (AvgIpc) is 3.13. The van der Waals surface area contributed by atoms with E-state index in [-0.39, 0.29) is 11.7 Å². The summed E-state index contributed by atoms with van der Waals surface area (Å²) in [6.07, 6.45) is 3.18. The maximum atomic E-state index is 11.4. The fourth-order valence-corrected chi connectivity index (χ4v) is 1.60. The minimum absolute atomic E-state index is 0.0516. The Morgan fingerprint density at radius 1 is 1.29 bits per heavy atom. The van der Waals surface area contributed by atoms with Crippen molar-refractivity contribution in [1.29, 1.82) is 0 Å². The molecule has 4 nitrogen and oxygen atoms in total. The van der Waals surface area contributed by atoms with Gasteiger partial charge in [0.15, 0.2) is 0 Å². The first-order valence-corrected chi connectivity index (χ1v) is 6.02. The molecule has 3 N–H and O–H groups in total. The lowest BCUT2D eigenvalue weighted by molar-refractivity contribution is -0.120. The van der Waals surface area contributed by atoms with Crippen molar-refractivity contribution in [2.75, 3.05) is 13.1 Å². The zero-order valence-electron chi connectivity index (χ0n) is 9.78. The number of phenolic OH excluding ortho intramolecular Hbond substituents is 1.